The molecule has 2 aromatic heterocycles. The Morgan fingerprint density at radius 2 is 0.984 bits per heavy atom. The highest BCUT2D eigenvalue weighted by Gasteiger charge is 2.49. The van der Waals surface area contributed by atoms with Crippen LogP contribution in [0.4, 0.5) is 0 Å². The molecule has 0 N–H and O–H groups in total. The van der Waals surface area contributed by atoms with Crippen LogP contribution < -0.4 is 0 Å². The summed E-state index contributed by atoms with van der Waals surface area (Å²) in [6, 6.07) is 37.4. The van der Waals surface area contributed by atoms with Gasteiger partial charge in [-0.1, -0.05) is 132 Å². The highest BCUT2D eigenvalue weighted by molar-refractivity contribution is 5.74. The lowest BCUT2D eigenvalue weighted by molar-refractivity contribution is -0.323. The molecule has 0 aliphatic carbocycles. The van der Waals surface area contributed by atoms with Gasteiger partial charge in [-0.2, -0.15) is 0 Å². The molecule has 1 saturated heterocycles. The number of esters is 2. The van der Waals surface area contributed by atoms with Crippen LogP contribution >= 0.6 is 0 Å². The minimum atomic E-state index is -0.924. The largest absolute Gasteiger partial charge is 0.467 e. The van der Waals surface area contributed by atoms with Crippen LogP contribution in [0.25, 0.3) is 0 Å². The fourth-order valence-corrected chi connectivity index (χ4v) is 7.34. The Bertz CT molecular complexity index is 2280. The molecule has 1 fully saturated rings. The second-order valence-corrected chi connectivity index (χ2v) is 14.9. The smallest absolute Gasteiger partial charge is 0.331 e. The zero-order chi connectivity index (χ0) is 43.8. The lowest BCUT2D eigenvalue weighted by Crippen LogP contribution is -2.61. The first-order valence-electron chi connectivity index (χ1n) is 20.7. The zero-order valence-corrected chi connectivity index (χ0v) is 35.5. The molecule has 3 heterocycles. The number of aromatic nitrogens is 6. The second kappa shape index (κ2) is 22.8. The van der Waals surface area contributed by atoms with E-state index in [0.717, 1.165) is 22.3 Å². The van der Waals surface area contributed by atoms with Gasteiger partial charge in [-0.3, -0.25) is 0 Å². The molecule has 4 aromatic carbocycles. The fourth-order valence-electron chi connectivity index (χ4n) is 7.34. The lowest BCUT2D eigenvalue weighted by Gasteiger charge is -2.45. The van der Waals surface area contributed by atoms with Crippen molar-refractivity contribution in [2.75, 3.05) is 27.9 Å². The zero-order valence-electron chi connectivity index (χ0n) is 35.5. The Morgan fingerprint density at radius 1 is 0.556 bits per heavy atom. The molecule has 7 rings (SSSR count). The molecule has 16 heteroatoms. The van der Waals surface area contributed by atoms with Gasteiger partial charge in [-0.05, 0) is 22.3 Å². The van der Waals surface area contributed by atoms with Crippen molar-refractivity contribution in [3.8, 4) is 0 Å². The SMILES string of the molecule is COC(=O)[C@H](Cc1ccccc1)n1cc(COC[C@H]2O[C@H](OC)[C@H](OCc3cn([C@@H](Cc4ccccc4)C(=O)OC)nn3)[C@@H](OCc3ccccc3)[C@@H]2OCc2ccccc2)nn1. The molecule has 0 bridgehead atoms. The van der Waals surface area contributed by atoms with Gasteiger partial charge >= 0.3 is 11.9 Å². The van der Waals surface area contributed by atoms with Gasteiger partial charge < -0.3 is 37.9 Å². The van der Waals surface area contributed by atoms with Crippen molar-refractivity contribution in [1.29, 1.82) is 0 Å². The molecule has 0 radical (unpaired) electrons. The van der Waals surface area contributed by atoms with Crippen molar-refractivity contribution in [2.24, 2.45) is 0 Å². The molecule has 16 nitrogen and oxygen atoms in total. The number of hydrogen-bond acceptors (Lipinski definition) is 14. The van der Waals surface area contributed by atoms with Crippen LogP contribution in [-0.4, -0.2) is 101 Å². The summed E-state index contributed by atoms with van der Waals surface area (Å²) >= 11 is 0. The monoisotopic (exact) mass is 860 g/mol. The van der Waals surface area contributed by atoms with Gasteiger partial charge in [0.25, 0.3) is 0 Å². The summed E-state index contributed by atoms with van der Waals surface area (Å²) in [6.07, 6.45) is 0.176. The summed E-state index contributed by atoms with van der Waals surface area (Å²) in [5.41, 5.74) is 4.76. The quantitative estimate of drug-likeness (QED) is 0.0793. The van der Waals surface area contributed by atoms with Crippen molar-refractivity contribution in [3.05, 3.63) is 167 Å². The van der Waals surface area contributed by atoms with E-state index in [2.05, 4.69) is 20.6 Å². The third-order valence-electron chi connectivity index (χ3n) is 10.6. The summed E-state index contributed by atoms with van der Waals surface area (Å²) < 4.78 is 52.0. The van der Waals surface area contributed by atoms with Crippen LogP contribution in [0, 0.1) is 0 Å². The average Bonchev–Trinajstić information content (AvgIpc) is 4.01. The van der Waals surface area contributed by atoms with E-state index in [9.17, 15) is 9.59 Å². The summed E-state index contributed by atoms with van der Waals surface area (Å²) in [5.74, 6) is -0.886. The van der Waals surface area contributed by atoms with Crippen molar-refractivity contribution in [1.82, 2.24) is 30.0 Å². The first-order chi connectivity index (χ1) is 30.9. The molecule has 0 unspecified atom stereocenters. The molecule has 330 valence electrons. The van der Waals surface area contributed by atoms with Crippen molar-refractivity contribution in [3.63, 3.8) is 0 Å². The Labute approximate surface area is 365 Å². The number of ether oxygens (including phenoxy) is 8. The van der Waals surface area contributed by atoms with Crippen LogP contribution in [0.3, 0.4) is 0 Å². The van der Waals surface area contributed by atoms with E-state index in [1.807, 2.05) is 121 Å². The number of methoxy groups -OCH3 is 3. The fraction of sp³-hybridized carbons (Fsp3) is 0.362. The van der Waals surface area contributed by atoms with Crippen LogP contribution in [0.2, 0.25) is 0 Å². The topological polar surface area (TPSA) is 169 Å². The van der Waals surface area contributed by atoms with Crippen LogP contribution in [0.5, 0.6) is 0 Å². The highest BCUT2D eigenvalue weighted by Crippen LogP contribution is 2.31. The number of carbonyl (C=O) groups is 2. The normalized spacial score (nSPS) is 19.6. The van der Waals surface area contributed by atoms with E-state index in [0.29, 0.717) is 24.2 Å². The predicted molar refractivity (Wildman–Crippen MR) is 226 cm³/mol. The van der Waals surface area contributed by atoms with Crippen LogP contribution in [0.1, 0.15) is 45.7 Å². The molecule has 1 aliphatic heterocycles. The Kier molecular flexibility index (Phi) is 16.3. The van der Waals surface area contributed by atoms with E-state index in [-0.39, 0.29) is 33.0 Å². The minimum Gasteiger partial charge on any atom is -0.467 e. The van der Waals surface area contributed by atoms with Crippen molar-refractivity contribution < 1.29 is 47.5 Å². The number of nitrogens with zero attached hydrogens (tertiary/aromatic N) is 6. The van der Waals surface area contributed by atoms with Gasteiger partial charge in [0.15, 0.2) is 18.4 Å². The molecular formula is C47H52N6O10. The lowest BCUT2D eigenvalue weighted by atomic mass is 9.98. The van der Waals surface area contributed by atoms with E-state index in [1.54, 1.807) is 12.4 Å². The maximum Gasteiger partial charge on any atom is 0.331 e. The minimum absolute atomic E-state index is 0.0165. The van der Waals surface area contributed by atoms with Crippen molar-refractivity contribution in [2.45, 2.75) is 82.1 Å². The van der Waals surface area contributed by atoms with Gasteiger partial charge in [-0.25, -0.2) is 19.0 Å². The third kappa shape index (κ3) is 12.3. The standard InChI is InChI=1S/C47H52N6O10/c1-56-45(54)39(24-33-16-8-4-9-17-33)52-26-37(48-50-52)30-59-32-41-42(60-28-35-20-12-6-13-21-35)43(61-29-36-22-14-7-15-23-36)44(47(58-3)63-41)62-31-38-27-53(51-49-38)40(46(55)57-2)25-34-18-10-5-11-19-34/h4-23,26-27,39-44,47H,24-25,28-32H2,1-3H3/t39-,40-,41+,42+,43-,44+,47-/m0/s1. The first-order valence-corrected chi connectivity index (χ1v) is 20.7. The Hall–Kier alpha value is -6.14. The van der Waals surface area contributed by atoms with Gasteiger partial charge in [0.2, 0.25) is 0 Å². The summed E-state index contributed by atoms with van der Waals surface area (Å²) in [4.78, 5) is 25.7. The Balaban J connectivity index is 1.10. The van der Waals surface area contributed by atoms with Gasteiger partial charge in [0, 0.05) is 20.0 Å². The summed E-state index contributed by atoms with van der Waals surface area (Å²) in [5, 5.41) is 17.2. The predicted octanol–water partition coefficient (Wildman–Crippen LogP) is 5.43. The molecule has 6 aromatic rings. The molecule has 0 amide bonds. The third-order valence-corrected chi connectivity index (χ3v) is 10.6. The van der Waals surface area contributed by atoms with Gasteiger partial charge in [0.1, 0.15) is 35.8 Å². The van der Waals surface area contributed by atoms with Gasteiger partial charge in [-0.15, -0.1) is 10.2 Å². The second-order valence-electron chi connectivity index (χ2n) is 14.9. The number of benzene rings is 4. The van der Waals surface area contributed by atoms with E-state index >= 15 is 0 Å². The molecule has 0 spiro atoms. The van der Waals surface area contributed by atoms with Crippen LogP contribution in [0.15, 0.2) is 134 Å². The first kappa shape index (κ1) is 44.9. The van der Waals surface area contributed by atoms with E-state index < -0.39 is 54.7 Å². The highest BCUT2D eigenvalue weighted by atomic mass is 16.7. The maximum absolute atomic E-state index is 12.9. The molecule has 1 aliphatic rings. The van der Waals surface area contributed by atoms with E-state index in [4.69, 9.17) is 37.9 Å². The van der Waals surface area contributed by atoms with E-state index in [1.165, 1.54) is 30.7 Å². The maximum atomic E-state index is 12.9. The molecule has 7 atom stereocenters. The molecule has 63 heavy (non-hydrogen) atoms. The van der Waals surface area contributed by atoms with Crippen LogP contribution in [-0.2, 0) is 86.8 Å². The Morgan fingerprint density at radius 3 is 1.44 bits per heavy atom. The number of carbonyl (C=O) groups excluding carboxylic acids is 2. The summed E-state index contributed by atoms with van der Waals surface area (Å²) in [6.45, 7) is 0.585. The molecular weight excluding hydrogens is 809 g/mol. The van der Waals surface area contributed by atoms with Gasteiger partial charge in [0.05, 0.1) is 59.6 Å². The summed E-state index contributed by atoms with van der Waals surface area (Å²) in [7, 11) is 4.23. The molecule has 0 saturated carbocycles. The van der Waals surface area contributed by atoms with Crippen molar-refractivity contribution >= 4 is 11.9 Å². The average molecular weight is 861 g/mol. The number of hydrogen-bond donors (Lipinski definition) is 0. The number of rotatable bonds is 22.